The van der Waals surface area contributed by atoms with Crippen LogP contribution in [0.15, 0.2) is 36.4 Å². The van der Waals surface area contributed by atoms with Gasteiger partial charge >= 0.3 is 0 Å². The van der Waals surface area contributed by atoms with Crippen molar-refractivity contribution in [1.82, 2.24) is 0 Å². The first-order valence-electron chi connectivity index (χ1n) is 7.01. The van der Waals surface area contributed by atoms with Gasteiger partial charge in [-0.05, 0) is 45.4 Å². The number of hydrogen-bond acceptors (Lipinski definition) is 2. The van der Waals surface area contributed by atoms with Crippen LogP contribution in [0.5, 0.6) is 5.75 Å². The van der Waals surface area contributed by atoms with E-state index in [0.717, 1.165) is 33.6 Å². The van der Waals surface area contributed by atoms with Gasteiger partial charge in [-0.1, -0.05) is 41.0 Å². The summed E-state index contributed by atoms with van der Waals surface area (Å²) in [6.07, 6.45) is -0.657. The van der Waals surface area contributed by atoms with Crippen molar-refractivity contribution in [3.05, 3.63) is 64.2 Å². The van der Waals surface area contributed by atoms with Crippen LogP contribution in [0, 0.1) is 20.8 Å². The number of ether oxygens (including phenoxy) is 1. The second kappa shape index (κ2) is 6.10. The Morgan fingerprint density at radius 2 is 1.60 bits per heavy atom. The van der Waals surface area contributed by atoms with Crippen molar-refractivity contribution in [3.8, 4) is 5.75 Å². The molecule has 0 aliphatic rings. The molecule has 1 unspecified atom stereocenters. The summed E-state index contributed by atoms with van der Waals surface area (Å²) in [5.74, 6) is 0.754. The van der Waals surface area contributed by atoms with Crippen LogP contribution in [0.1, 0.15) is 40.8 Å². The van der Waals surface area contributed by atoms with Crippen molar-refractivity contribution in [2.45, 2.75) is 33.8 Å². The fourth-order valence-electron chi connectivity index (χ4n) is 2.52. The number of hydrogen-bond donors (Lipinski definition) is 1. The van der Waals surface area contributed by atoms with Gasteiger partial charge in [-0.2, -0.15) is 0 Å². The summed E-state index contributed by atoms with van der Waals surface area (Å²) in [6.45, 7) is 8.65. The molecule has 0 heterocycles. The average Bonchev–Trinajstić information content (AvgIpc) is 2.39. The lowest BCUT2D eigenvalue weighted by Gasteiger charge is -2.18. The van der Waals surface area contributed by atoms with Crippen molar-refractivity contribution >= 4 is 0 Å². The van der Waals surface area contributed by atoms with E-state index in [0.29, 0.717) is 6.61 Å². The summed E-state index contributed by atoms with van der Waals surface area (Å²) < 4.78 is 5.64. The minimum atomic E-state index is -0.657. The predicted molar refractivity (Wildman–Crippen MR) is 82.3 cm³/mol. The van der Waals surface area contributed by atoms with Crippen LogP contribution in [0.25, 0.3) is 0 Å². The molecule has 2 nitrogen and oxygen atoms in total. The molecule has 0 aliphatic carbocycles. The Hall–Kier alpha value is -1.80. The van der Waals surface area contributed by atoms with E-state index >= 15 is 0 Å². The zero-order valence-electron chi connectivity index (χ0n) is 12.6. The van der Waals surface area contributed by atoms with Gasteiger partial charge in [0.2, 0.25) is 0 Å². The molecular formula is C18H22O2. The van der Waals surface area contributed by atoms with E-state index in [4.69, 9.17) is 4.74 Å². The Kier molecular flexibility index (Phi) is 4.46. The second-order valence-corrected chi connectivity index (χ2v) is 5.30. The number of aliphatic hydroxyl groups excluding tert-OH is 1. The molecule has 20 heavy (non-hydrogen) atoms. The summed E-state index contributed by atoms with van der Waals surface area (Å²) in [6, 6.07) is 12.1. The van der Waals surface area contributed by atoms with E-state index in [1.54, 1.807) is 0 Å². The zero-order valence-corrected chi connectivity index (χ0v) is 12.6. The molecule has 0 fully saturated rings. The highest BCUT2D eigenvalue weighted by Crippen LogP contribution is 2.31. The first-order valence-corrected chi connectivity index (χ1v) is 7.01. The molecule has 0 bridgehead atoms. The molecule has 0 saturated carbocycles. The maximum atomic E-state index is 10.7. The van der Waals surface area contributed by atoms with Gasteiger partial charge in [0.05, 0.1) is 6.61 Å². The molecule has 2 aromatic carbocycles. The Labute approximate surface area is 121 Å². The first-order chi connectivity index (χ1) is 9.51. The number of rotatable bonds is 4. The standard InChI is InChI=1S/C18H22O2/c1-5-20-17-7-6-12(2)11-16(17)18(19)15-9-13(3)8-14(4)10-15/h6-11,18-19H,5H2,1-4H3. The van der Waals surface area contributed by atoms with Gasteiger partial charge in [-0.15, -0.1) is 0 Å². The molecule has 2 aromatic rings. The third-order valence-electron chi connectivity index (χ3n) is 3.32. The molecule has 1 N–H and O–H groups in total. The molecule has 0 saturated heterocycles. The van der Waals surface area contributed by atoms with E-state index < -0.39 is 6.10 Å². The van der Waals surface area contributed by atoms with E-state index in [1.807, 2.05) is 58.0 Å². The molecule has 1 atom stereocenters. The van der Waals surface area contributed by atoms with Gasteiger partial charge in [-0.25, -0.2) is 0 Å². The maximum Gasteiger partial charge on any atom is 0.125 e. The summed E-state index contributed by atoms with van der Waals surface area (Å²) in [4.78, 5) is 0. The molecule has 2 rings (SSSR count). The minimum Gasteiger partial charge on any atom is -0.493 e. The van der Waals surface area contributed by atoms with Crippen molar-refractivity contribution < 1.29 is 9.84 Å². The average molecular weight is 270 g/mol. The first kappa shape index (κ1) is 14.6. The molecule has 0 aromatic heterocycles. The van der Waals surface area contributed by atoms with Crippen LogP contribution in [-0.2, 0) is 0 Å². The van der Waals surface area contributed by atoms with Crippen LogP contribution in [0.3, 0.4) is 0 Å². The molecule has 0 amide bonds. The maximum absolute atomic E-state index is 10.7. The molecule has 0 aliphatic heterocycles. The second-order valence-electron chi connectivity index (χ2n) is 5.30. The van der Waals surface area contributed by atoms with Gasteiger partial charge in [0.1, 0.15) is 11.9 Å². The monoisotopic (exact) mass is 270 g/mol. The Morgan fingerprint density at radius 1 is 0.950 bits per heavy atom. The van der Waals surface area contributed by atoms with Gasteiger partial charge in [0, 0.05) is 5.56 Å². The topological polar surface area (TPSA) is 29.5 Å². The Balaban J connectivity index is 2.46. The fraction of sp³-hybridized carbons (Fsp3) is 0.333. The van der Waals surface area contributed by atoms with Crippen LogP contribution in [-0.4, -0.2) is 11.7 Å². The van der Waals surface area contributed by atoms with Gasteiger partial charge < -0.3 is 9.84 Å². The summed E-state index contributed by atoms with van der Waals surface area (Å²) in [5, 5.41) is 10.7. The highest BCUT2D eigenvalue weighted by Gasteiger charge is 2.16. The SMILES string of the molecule is CCOc1ccc(C)cc1C(O)c1cc(C)cc(C)c1. The smallest absolute Gasteiger partial charge is 0.125 e. The number of aryl methyl sites for hydroxylation is 3. The highest BCUT2D eigenvalue weighted by atomic mass is 16.5. The van der Waals surface area contributed by atoms with E-state index in [2.05, 4.69) is 6.07 Å². The largest absolute Gasteiger partial charge is 0.493 e. The zero-order chi connectivity index (χ0) is 14.7. The van der Waals surface area contributed by atoms with Gasteiger partial charge in [0.15, 0.2) is 0 Å². The summed E-state index contributed by atoms with van der Waals surface area (Å²) >= 11 is 0. The normalized spacial score (nSPS) is 12.2. The Bertz CT molecular complexity index is 582. The van der Waals surface area contributed by atoms with Crippen molar-refractivity contribution in [1.29, 1.82) is 0 Å². The van der Waals surface area contributed by atoms with Crippen molar-refractivity contribution in [2.75, 3.05) is 6.61 Å². The highest BCUT2D eigenvalue weighted by molar-refractivity contribution is 5.44. The summed E-state index contributed by atoms with van der Waals surface area (Å²) in [7, 11) is 0. The third-order valence-corrected chi connectivity index (χ3v) is 3.32. The van der Waals surface area contributed by atoms with E-state index in [9.17, 15) is 5.11 Å². The predicted octanol–water partition coefficient (Wildman–Crippen LogP) is 4.09. The van der Waals surface area contributed by atoms with Crippen molar-refractivity contribution in [2.24, 2.45) is 0 Å². The summed E-state index contributed by atoms with van der Waals surface area (Å²) in [5.41, 5.74) is 5.17. The lowest BCUT2D eigenvalue weighted by atomic mass is 9.96. The van der Waals surface area contributed by atoms with Gasteiger partial charge in [0.25, 0.3) is 0 Å². The van der Waals surface area contributed by atoms with Crippen molar-refractivity contribution in [3.63, 3.8) is 0 Å². The lowest BCUT2D eigenvalue weighted by Crippen LogP contribution is -2.05. The van der Waals surface area contributed by atoms with Crippen LogP contribution < -0.4 is 4.74 Å². The van der Waals surface area contributed by atoms with Crippen LogP contribution >= 0.6 is 0 Å². The van der Waals surface area contributed by atoms with Crippen LogP contribution in [0.4, 0.5) is 0 Å². The molecule has 106 valence electrons. The molecule has 0 spiro atoms. The quantitative estimate of drug-likeness (QED) is 0.906. The fourth-order valence-corrected chi connectivity index (χ4v) is 2.52. The number of benzene rings is 2. The third kappa shape index (κ3) is 3.20. The van der Waals surface area contributed by atoms with Gasteiger partial charge in [-0.3, -0.25) is 0 Å². The van der Waals surface area contributed by atoms with E-state index in [-0.39, 0.29) is 0 Å². The van der Waals surface area contributed by atoms with Crippen LogP contribution in [0.2, 0.25) is 0 Å². The van der Waals surface area contributed by atoms with E-state index in [1.165, 1.54) is 0 Å². The Morgan fingerprint density at radius 3 is 2.20 bits per heavy atom. The number of aliphatic hydroxyl groups is 1. The lowest BCUT2D eigenvalue weighted by molar-refractivity contribution is 0.211. The molecule has 2 heteroatoms. The minimum absolute atomic E-state index is 0.593. The molecular weight excluding hydrogens is 248 g/mol. The molecule has 0 radical (unpaired) electrons.